The molecule has 0 saturated heterocycles. The second-order valence-corrected chi connectivity index (χ2v) is 8.74. The summed E-state index contributed by atoms with van der Waals surface area (Å²) >= 11 is 5.29. The highest BCUT2D eigenvalue weighted by molar-refractivity contribution is 7.80. The van der Waals surface area contributed by atoms with Crippen LogP contribution in [0.5, 0.6) is 11.5 Å². The zero-order chi connectivity index (χ0) is 24.9. The number of nitrogens with one attached hydrogen (secondary N) is 2. The van der Waals surface area contributed by atoms with E-state index in [2.05, 4.69) is 41.6 Å². The van der Waals surface area contributed by atoms with Gasteiger partial charge in [0.1, 0.15) is 17.0 Å². The molecule has 3 aromatic carbocycles. The fourth-order valence-corrected chi connectivity index (χ4v) is 3.70. The van der Waals surface area contributed by atoms with Gasteiger partial charge in [0.15, 0.2) is 10.7 Å². The quantitative estimate of drug-likeness (QED) is 0.334. The number of rotatable bonds is 7. The molecule has 4 aromatic rings. The monoisotopic (exact) mass is 489 g/mol. The van der Waals surface area contributed by atoms with Crippen LogP contribution in [-0.2, 0) is 6.54 Å². The molecule has 0 saturated carbocycles. The third kappa shape index (κ3) is 5.78. The molecule has 1 heterocycles. The molecule has 2 N–H and O–H groups in total. The highest BCUT2D eigenvalue weighted by Gasteiger charge is 2.12. The van der Waals surface area contributed by atoms with Gasteiger partial charge in [0.05, 0.1) is 14.2 Å². The number of carbonyl (C=O) groups excluding carboxylic acids is 1. The summed E-state index contributed by atoms with van der Waals surface area (Å²) in [6.45, 7) is 4.76. The molecule has 0 aliphatic carbocycles. The summed E-state index contributed by atoms with van der Waals surface area (Å²) in [6, 6.07) is 18.9. The fraction of sp³-hybridized carbons (Fsp3) is 0.222. The molecule has 0 unspecified atom stereocenters. The largest absolute Gasteiger partial charge is 0.497 e. The van der Waals surface area contributed by atoms with Crippen molar-refractivity contribution in [1.82, 2.24) is 15.6 Å². The molecule has 8 heteroatoms. The van der Waals surface area contributed by atoms with E-state index < -0.39 is 0 Å². The summed E-state index contributed by atoms with van der Waals surface area (Å²) in [7, 11) is 3.06. The number of carbonyl (C=O) groups is 1. The van der Waals surface area contributed by atoms with Crippen LogP contribution < -0.4 is 20.1 Å². The number of benzene rings is 3. The SMILES string of the molecule is COc1cc(OC)cc(C(=O)NC(=S)NCc2ccc(-c3nc4cc(C(C)C)ccc4o3)cc2)c1. The first kappa shape index (κ1) is 24.2. The topological polar surface area (TPSA) is 85.6 Å². The van der Waals surface area contributed by atoms with E-state index in [4.69, 9.17) is 26.1 Å². The van der Waals surface area contributed by atoms with Crippen molar-refractivity contribution in [2.24, 2.45) is 0 Å². The second kappa shape index (κ2) is 10.6. The van der Waals surface area contributed by atoms with Crippen LogP contribution in [0.15, 0.2) is 65.1 Å². The van der Waals surface area contributed by atoms with E-state index in [-0.39, 0.29) is 11.0 Å². The van der Waals surface area contributed by atoms with Crippen molar-refractivity contribution in [3.8, 4) is 23.0 Å². The van der Waals surface area contributed by atoms with E-state index in [1.807, 2.05) is 30.3 Å². The predicted octanol–water partition coefficient (Wildman–Crippen LogP) is 5.44. The molecule has 0 radical (unpaired) electrons. The van der Waals surface area contributed by atoms with Crippen molar-refractivity contribution in [2.45, 2.75) is 26.3 Å². The first-order valence-corrected chi connectivity index (χ1v) is 11.6. The number of hydrogen-bond acceptors (Lipinski definition) is 6. The summed E-state index contributed by atoms with van der Waals surface area (Å²) in [5, 5.41) is 5.95. The van der Waals surface area contributed by atoms with Crippen molar-refractivity contribution >= 4 is 34.3 Å². The Morgan fingerprint density at radius 2 is 1.69 bits per heavy atom. The zero-order valence-electron chi connectivity index (χ0n) is 20.0. The van der Waals surface area contributed by atoms with Crippen molar-refractivity contribution in [3.05, 3.63) is 77.4 Å². The molecular weight excluding hydrogens is 462 g/mol. The first-order valence-electron chi connectivity index (χ1n) is 11.2. The number of hydrogen-bond donors (Lipinski definition) is 2. The van der Waals surface area contributed by atoms with Crippen LogP contribution in [0.2, 0.25) is 0 Å². The number of thiocarbonyl (C=S) groups is 1. The lowest BCUT2D eigenvalue weighted by Gasteiger charge is -2.11. The van der Waals surface area contributed by atoms with Gasteiger partial charge in [-0.25, -0.2) is 4.98 Å². The van der Waals surface area contributed by atoms with Crippen LogP contribution in [0.3, 0.4) is 0 Å². The second-order valence-electron chi connectivity index (χ2n) is 8.34. The molecule has 0 spiro atoms. The fourth-order valence-electron chi connectivity index (χ4n) is 3.53. The third-order valence-corrected chi connectivity index (χ3v) is 5.82. The maximum absolute atomic E-state index is 12.6. The molecule has 0 bridgehead atoms. The summed E-state index contributed by atoms with van der Waals surface area (Å²) < 4.78 is 16.4. The van der Waals surface area contributed by atoms with Gasteiger partial charge in [-0.3, -0.25) is 10.1 Å². The van der Waals surface area contributed by atoms with Crippen molar-refractivity contribution in [1.29, 1.82) is 0 Å². The van der Waals surface area contributed by atoms with Crippen LogP contribution in [-0.4, -0.2) is 30.2 Å². The van der Waals surface area contributed by atoms with Crippen LogP contribution in [0, 0.1) is 0 Å². The Labute approximate surface area is 209 Å². The van der Waals surface area contributed by atoms with Gasteiger partial charge in [0.25, 0.3) is 5.91 Å². The average Bonchev–Trinajstić information content (AvgIpc) is 3.30. The van der Waals surface area contributed by atoms with Crippen LogP contribution >= 0.6 is 12.2 Å². The number of aromatic nitrogens is 1. The van der Waals surface area contributed by atoms with Gasteiger partial charge in [-0.15, -0.1) is 0 Å². The summed E-state index contributed by atoms with van der Waals surface area (Å²) in [6.07, 6.45) is 0. The van der Waals surface area contributed by atoms with Gasteiger partial charge < -0.3 is 19.2 Å². The van der Waals surface area contributed by atoms with E-state index in [1.165, 1.54) is 19.8 Å². The molecule has 0 atom stereocenters. The normalized spacial score (nSPS) is 10.9. The number of fused-ring (bicyclic) bond motifs is 1. The van der Waals surface area contributed by atoms with Gasteiger partial charge >= 0.3 is 0 Å². The van der Waals surface area contributed by atoms with Crippen molar-refractivity contribution < 1.29 is 18.7 Å². The van der Waals surface area contributed by atoms with Gasteiger partial charge in [-0.2, -0.15) is 0 Å². The number of ether oxygens (including phenoxy) is 2. The number of amides is 1. The minimum atomic E-state index is -0.355. The van der Waals surface area contributed by atoms with Gasteiger partial charge in [-0.05, 0) is 65.7 Å². The molecule has 0 aliphatic heterocycles. The number of methoxy groups -OCH3 is 2. The van der Waals surface area contributed by atoms with E-state index >= 15 is 0 Å². The van der Waals surface area contributed by atoms with Crippen LogP contribution in [0.1, 0.15) is 41.3 Å². The Hall–Kier alpha value is -3.91. The van der Waals surface area contributed by atoms with Gasteiger partial charge in [0, 0.05) is 23.7 Å². The molecule has 1 amide bonds. The molecule has 7 nitrogen and oxygen atoms in total. The minimum absolute atomic E-state index is 0.223. The highest BCUT2D eigenvalue weighted by atomic mass is 32.1. The lowest BCUT2D eigenvalue weighted by Crippen LogP contribution is -2.38. The van der Waals surface area contributed by atoms with Crippen molar-refractivity contribution in [3.63, 3.8) is 0 Å². The summed E-state index contributed by atoms with van der Waals surface area (Å²) in [4.78, 5) is 17.2. The molecule has 35 heavy (non-hydrogen) atoms. The lowest BCUT2D eigenvalue weighted by molar-refractivity contribution is 0.0976. The maximum atomic E-state index is 12.6. The Kier molecular flexibility index (Phi) is 7.31. The van der Waals surface area contributed by atoms with Crippen LogP contribution in [0.25, 0.3) is 22.6 Å². The number of nitrogens with zero attached hydrogens (tertiary/aromatic N) is 1. The maximum Gasteiger partial charge on any atom is 0.257 e. The molecule has 0 aliphatic rings. The zero-order valence-corrected chi connectivity index (χ0v) is 20.9. The van der Waals surface area contributed by atoms with E-state index in [9.17, 15) is 4.79 Å². The summed E-state index contributed by atoms with van der Waals surface area (Å²) in [5.74, 6) is 1.70. The summed E-state index contributed by atoms with van der Waals surface area (Å²) in [5.41, 5.74) is 5.11. The lowest BCUT2D eigenvalue weighted by atomic mass is 10.0. The minimum Gasteiger partial charge on any atom is -0.497 e. The first-order chi connectivity index (χ1) is 16.9. The molecule has 180 valence electrons. The molecule has 1 aromatic heterocycles. The Morgan fingerprint density at radius 3 is 2.31 bits per heavy atom. The van der Waals surface area contributed by atoms with E-state index in [0.717, 1.165) is 22.2 Å². The molecular formula is C27H27N3O4S. The van der Waals surface area contributed by atoms with Gasteiger partial charge in [-0.1, -0.05) is 32.0 Å². The van der Waals surface area contributed by atoms with Crippen molar-refractivity contribution in [2.75, 3.05) is 14.2 Å². The Morgan fingerprint density at radius 1 is 1.00 bits per heavy atom. The third-order valence-electron chi connectivity index (χ3n) is 5.57. The van der Waals surface area contributed by atoms with Gasteiger partial charge in [0.2, 0.25) is 5.89 Å². The van der Waals surface area contributed by atoms with Crippen LogP contribution in [0.4, 0.5) is 0 Å². The number of oxazole rings is 1. The molecule has 4 rings (SSSR count). The highest BCUT2D eigenvalue weighted by Crippen LogP contribution is 2.27. The standard InChI is InChI=1S/C27H27N3O4S/c1-16(2)19-9-10-24-23(13-19)29-26(34-24)18-7-5-17(6-8-18)15-28-27(35)30-25(31)20-11-21(32-3)14-22(12-20)33-4/h5-14,16H,15H2,1-4H3,(H2,28,30,31,35). The molecule has 0 fully saturated rings. The predicted molar refractivity (Wildman–Crippen MR) is 140 cm³/mol. The van der Waals surface area contributed by atoms with E-state index in [1.54, 1.807) is 18.2 Å². The van der Waals surface area contributed by atoms with E-state index in [0.29, 0.717) is 35.4 Å². The smallest absolute Gasteiger partial charge is 0.257 e. The average molecular weight is 490 g/mol. The Bertz CT molecular complexity index is 1340. The Balaban J connectivity index is 1.36.